The van der Waals surface area contributed by atoms with Gasteiger partial charge in [0.1, 0.15) is 5.78 Å². The predicted octanol–water partition coefficient (Wildman–Crippen LogP) is 1.83. The van der Waals surface area contributed by atoms with Gasteiger partial charge >= 0.3 is 0 Å². The highest BCUT2D eigenvalue weighted by atomic mass is 16.1. The zero-order valence-electron chi connectivity index (χ0n) is 8.35. The molecule has 0 rings (SSSR count). The largest absolute Gasteiger partial charge is 0.333 e. The molecule has 0 aliphatic heterocycles. The molecule has 2 heteroatoms. The van der Waals surface area contributed by atoms with E-state index in [0.717, 1.165) is 6.42 Å². The maximum atomic E-state index is 11.0. The summed E-state index contributed by atoms with van der Waals surface area (Å²) in [4.78, 5) is 11.0. The molecule has 0 aromatic carbocycles. The molecule has 11 heavy (non-hydrogen) atoms. The van der Waals surface area contributed by atoms with Crippen molar-refractivity contribution in [3.8, 4) is 0 Å². The highest BCUT2D eigenvalue weighted by Crippen LogP contribution is 2.06. The van der Waals surface area contributed by atoms with Crippen molar-refractivity contribution in [2.24, 2.45) is 17.6 Å². The van der Waals surface area contributed by atoms with Gasteiger partial charge in [0.15, 0.2) is 0 Å². The van der Waals surface area contributed by atoms with Crippen LogP contribution in [0.15, 0.2) is 0 Å². The summed E-state index contributed by atoms with van der Waals surface area (Å²) >= 11 is 0. The molecular weight excluding hydrogens is 138 g/mol. The SMILES string of the molecule is CC(C)CC(=O)C(C)C.CN. The maximum Gasteiger partial charge on any atom is 0.135 e. The number of hydrogen-bond acceptors (Lipinski definition) is 2. The van der Waals surface area contributed by atoms with Gasteiger partial charge < -0.3 is 5.73 Å². The number of hydrogen-bond donors (Lipinski definition) is 1. The van der Waals surface area contributed by atoms with Crippen LogP contribution in [0.5, 0.6) is 0 Å². The molecule has 0 aliphatic carbocycles. The molecule has 0 amide bonds. The minimum absolute atomic E-state index is 0.215. The second-order valence-corrected chi connectivity index (χ2v) is 3.22. The minimum Gasteiger partial charge on any atom is -0.333 e. The van der Waals surface area contributed by atoms with Gasteiger partial charge in [-0.15, -0.1) is 0 Å². The van der Waals surface area contributed by atoms with Gasteiger partial charge in [-0.2, -0.15) is 0 Å². The zero-order chi connectivity index (χ0) is 9.44. The Morgan fingerprint density at radius 3 is 1.64 bits per heavy atom. The lowest BCUT2D eigenvalue weighted by Crippen LogP contribution is -2.09. The molecule has 0 saturated carbocycles. The third-order valence-electron chi connectivity index (χ3n) is 1.25. The molecular formula is C9H21NO. The van der Waals surface area contributed by atoms with E-state index in [2.05, 4.69) is 19.6 Å². The van der Waals surface area contributed by atoms with Crippen molar-refractivity contribution in [1.82, 2.24) is 0 Å². The lowest BCUT2D eigenvalue weighted by molar-refractivity contribution is -0.122. The van der Waals surface area contributed by atoms with Gasteiger partial charge in [-0.1, -0.05) is 27.7 Å². The number of carbonyl (C=O) groups is 1. The van der Waals surface area contributed by atoms with Crippen LogP contribution in [-0.4, -0.2) is 12.8 Å². The number of nitrogens with two attached hydrogens (primary N) is 1. The van der Waals surface area contributed by atoms with Gasteiger partial charge in [-0.05, 0) is 13.0 Å². The quantitative estimate of drug-likeness (QED) is 0.682. The van der Waals surface area contributed by atoms with Crippen molar-refractivity contribution >= 4 is 5.78 Å². The van der Waals surface area contributed by atoms with Crippen LogP contribution >= 0.6 is 0 Å². The van der Waals surface area contributed by atoms with Gasteiger partial charge in [0.05, 0.1) is 0 Å². The Bertz CT molecular complexity index is 97.7. The normalized spacial score (nSPS) is 9.45. The topological polar surface area (TPSA) is 43.1 Å². The average Bonchev–Trinajstić information content (AvgIpc) is 1.90. The molecule has 0 radical (unpaired) electrons. The number of ketones is 1. The summed E-state index contributed by atoms with van der Waals surface area (Å²) in [7, 11) is 1.50. The van der Waals surface area contributed by atoms with Crippen molar-refractivity contribution < 1.29 is 4.79 Å². The summed E-state index contributed by atoms with van der Waals surface area (Å²) in [5, 5.41) is 0. The van der Waals surface area contributed by atoms with E-state index < -0.39 is 0 Å². The molecule has 0 fully saturated rings. The summed E-state index contributed by atoms with van der Waals surface area (Å²) in [5.74, 6) is 1.11. The van der Waals surface area contributed by atoms with Gasteiger partial charge in [-0.3, -0.25) is 4.79 Å². The Balaban J connectivity index is 0. The first-order valence-corrected chi connectivity index (χ1v) is 4.14. The summed E-state index contributed by atoms with van der Waals surface area (Å²) in [6, 6.07) is 0. The highest BCUT2D eigenvalue weighted by molar-refractivity contribution is 5.80. The first-order chi connectivity index (χ1) is 5.04. The van der Waals surface area contributed by atoms with Crippen LogP contribution in [0.4, 0.5) is 0 Å². The second kappa shape index (κ2) is 7.73. The van der Waals surface area contributed by atoms with Gasteiger partial charge in [0.25, 0.3) is 0 Å². The molecule has 0 atom stereocenters. The molecule has 0 spiro atoms. The smallest absolute Gasteiger partial charge is 0.135 e. The van der Waals surface area contributed by atoms with Crippen LogP contribution in [0.25, 0.3) is 0 Å². The fourth-order valence-corrected chi connectivity index (χ4v) is 0.638. The van der Waals surface area contributed by atoms with E-state index in [-0.39, 0.29) is 5.92 Å². The third kappa shape index (κ3) is 9.63. The van der Waals surface area contributed by atoms with Crippen LogP contribution in [-0.2, 0) is 4.79 Å². The molecule has 0 aromatic rings. The van der Waals surface area contributed by atoms with Crippen molar-refractivity contribution in [2.45, 2.75) is 34.1 Å². The average molecular weight is 159 g/mol. The lowest BCUT2D eigenvalue weighted by atomic mass is 9.99. The third-order valence-corrected chi connectivity index (χ3v) is 1.25. The number of carbonyl (C=O) groups excluding carboxylic acids is 1. The van der Waals surface area contributed by atoms with E-state index >= 15 is 0 Å². The minimum atomic E-state index is 0.215. The Morgan fingerprint density at radius 1 is 1.18 bits per heavy atom. The van der Waals surface area contributed by atoms with Crippen LogP contribution in [0.2, 0.25) is 0 Å². The summed E-state index contributed by atoms with van der Waals surface area (Å²) in [6.45, 7) is 8.04. The van der Waals surface area contributed by atoms with E-state index in [9.17, 15) is 4.79 Å². The molecule has 0 aliphatic rings. The Kier molecular flexibility index (Phi) is 9.31. The van der Waals surface area contributed by atoms with E-state index in [4.69, 9.17) is 0 Å². The van der Waals surface area contributed by atoms with Crippen LogP contribution in [0, 0.1) is 11.8 Å². The van der Waals surface area contributed by atoms with E-state index in [0.29, 0.717) is 11.7 Å². The maximum absolute atomic E-state index is 11.0. The Hall–Kier alpha value is -0.370. The van der Waals surface area contributed by atoms with Crippen molar-refractivity contribution in [3.05, 3.63) is 0 Å². The summed E-state index contributed by atoms with van der Waals surface area (Å²) < 4.78 is 0. The second-order valence-electron chi connectivity index (χ2n) is 3.22. The van der Waals surface area contributed by atoms with E-state index in [1.54, 1.807) is 0 Å². The van der Waals surface area contributed by atoms with Crippen molar-refractivity contribution in [2.75, 3.05) is 7.05 Å². The van der Waals surface area contributed by atoms with E-state index in [1.165, 1.54) is 7.05 Å². The Labute approximate surface area is 70.2 Å². The van der Waals surface area contributed by atoms with Crippen molar-refractivity contribution in [1.29, 1.82) is 0 Å². The van der Waals surface area contributed by atoms with Gasteiger partial charge in [0.2, 0.25) is 0 Å². The van der Waals surface area contributed by atoms with E-state index in [1.807, 2.05) is 13.8 Å². The highest BCUT2D eigenvalue weighted by Gasteiger charge is 2.07. The standard InChI is InChI=1S/C8H16O.CH5N/c1-6(2)5-8(9)7(3)4;1-2/h6-7H,5H2,1-4H3;2H2,1H3. The fourth-order valence-electron chi connectivity index (χ4n) is 0.638. The molecule has 0 unspecified atom stereocenters. The summed E-state index contributed by atoms with van der Waals surface area (Å²) in [6.07, 6.45) is 0.734. The fraction of sp³-hybridized carbons (Fsp3) is 0.889. The molecule has 0 aromatic heterocycles. The number of Topliss-reactive ketones (excluding diaryl/α,β-unsaturated/α-hetero) is 1. The lowest BCUT2D eigenvalue weighted by Gasteiger charge is -2.05. The van der Waals surface area contributed by atoms with Crippen molar-refractivity contribution in [3.63, 3.8) is 0 Å². The summed E-state index contributed by atoms with van der Waals surface area (Å²) in [5.41, 5.74) is 4.50. The molecule has 2 nitrogen and oxygen atoms in total. The Morgan fingerprint density at radius 2 is 1.55 bits per heavy atom. The van der Waals surface area contributed by atoms with Gasteiger partial charge in [0, 0.05) is 12.3 Å². The molecule has 0 bridgehead atoms. The molecule has 2 N–H and O–H groups in total. The van der Waals surface area contributed by atoms with Gasteiger partial charge in [-0.25, -0.2) is 0 Å². The molecule has 0 heterocycles. The molecule has 68 valence electrons. The number of rotatable bonds is 3. The van der Waals surface area contributed by atoms with Crippen LogP contribution in [0.3, 0.4) is 0 Å². The first kappa shape index (κ1) is 13.2. The van der Waals surface area contributed by atoms with Crippen LogP contribution in [0.1, 0.15) is 34.1 Å². The monoisotopic (exact) mass is 159 g/mol. The first-order valence-electron chi connectivity index (χ1n) is 4.14. The predicted molar refractivity (Wildman–Crippen MR) is 49.4 cm³/mol. The zero-order valence-corrected chi connectivity index (χ0v) is 8.35. The van der Waals surface area contributed by atoms with Crippen LogP contribution < -0.4 is 5.73 Å². The molecule has 0 saturated heterocycles.